The Bertz CT molecular complexity index is 779. The zero-order chi connectivity index (χ0) is 17.5. The molecule has 2 aliphatic heterocycles. The van der Waals surface area contributed by atoms with Crippen LogP contribution in [-0.2, 0) is 16.6 Å². The first-order valence-electron chi connectivity index (χ1n) is 9.15. The predicted octanol–water partition coefficient (Wildman–Crippen LogP) is 1.38. The Hall–Kier alpha value is -1.79. The molecule has 6 heteroatoms. The maximum Gasteiger partial charge on any atom is 0.221 e. The van der Waals surface area contributed by atoms with Gasteiger partial charge in [0.1, 0.15) is 6.10 Å². The fourth-order valence-corrected chi connectivity index (χ4v) is 6.10. The van der Waals surface area contributed by atoms with Gasteiger partial charge in [-0.3, -0.25) is 4.79 Å². The number of hydrogen-bond acceptors (Lipinski definition) is 5. The maximum atomic E-state index is 11.7. The number of amides is 1. The number of benzene rings is 1. The van der Waals surface area contributed by atoms with Crippen LogP contribution in [0.3, 0.4) is 0 Å². The van der Waals surface area contributed by atoms with Gasteiger partial charge in [-0.05, 0) is 50.8 Å². The summed E-state index contributed by atoms with van der Waals surface area (Å²) in [5.74, 6) is 0.867. The van der Waals surface area contributed by atoms with Crippen molar-refractivity contribution in [3.63, 3.8) is 0 Å². The van der Waals surface area contributed by atoms with E-state index in [1.807, 2.05) is 0 Å². The van der Waals surface area contributed by atoms with E-state index in [0.29, 0.717) is 23.4 Å². The number of aliphatic hydroxyl groups excluding tert-OH is 1. The summed E-state index contributed by atoms with van der Waals surface area (Å²) in [6.45, 7) is 2.44. The molecule has 1 saturated carbocycles. The molecule has 1 aromatic carbocycles. The minimum absolute atomic E-state index is 0.0644. The van der Waals surface area contributed by atoms with Crippen molar-refractivity contribution >= 4 is 11.6 Å². The van der Waals surface area contributed by atoms with Crippen LogP contribution in [0.4, 0.5) is 5.69 Å². The molecule has 1 aromatic rings. The quantitative estimate of drug-likeness (QED) is 0.717. The number of carbonyl (C=O) groups excluding carboxylic acids is 1. The summed E-state index contributed by atoms with van der Waals surface area (Å²) >= 11 is 0. The molecular weight excluding hydrogens is 320 g/mol. The highest BCUT2D eigenvalue weighted by atomic mass is 16.5. The van der Waals surface area contributed by atoms with E-state index in [1.54, 1.807) is 6.07 Å². The van der Waals surface area contributed by atoms with Crippen molar-refractivity contribution in [2.75, 3.05) is 18.9 Å². The molecule has 134 valence electrons. The molecule has 25 heavy (non-hydrogen) atoms. The Kier molecular flexibility index (Phi) is 3.02. The number of likely N-dealkylation sites (N-methyl/N-ethyl adjacent to an activating group) is 1. The van der Waals surface area contributed by atoms with Crippen molar-refractivity contribution in [2.24, 2.45) is 5.92 Å². The molecule has 3 N–H and O–H groups in total. The number of phenolic OH excluding ortho intramolecular Hbond substituents is 1. The number of aliphatic hydroxyl groups is 1. The van der Waals surface area contributed by atoms with Crippen LogP contribution in [0.2, 0.25) is 0 Å². The van der Waals surface area contributed by atoms with E-state index < -0.39 is 6.10 Å². The monoisotopic (exact) mass is 344 g/mol. The van der Waals surface area contributed by atoms with Crippen LogP contribution in [0.1, 0.15) is 37.3 Å². The number of carbonyl (C=O) groups is 1. The van der Waals surface area contributed by atoms with E-state index in [4.69, 9.17) is 4.74 Å². The summed E-state index contributed by atoms with van der Waals surface area (Å²) in [6.07, 6.45) is 2.66. The van der Waals surface area contributed by atoms with Crippen molar-refractivity contribution in [3.05, 3.63) is 17.2 Å². The molecule has 4 aliphatic rings. The molecule has 5 atom stereocenters. The van der Waals surface area contributed by atoms with Crippen molar-refractivity contribution < 1.29 is 19.7 Å². The molecular formula is C19H24N2O4. The molecule has 0 aromatic heterocycles. The lowest BCUT2D eigenvalue weighted by atomic mass is 9.51. The number of aromatic hydroxyl groups is 1. The van der Waals surface area contributed by atoms with E-state index in [9.17, 15) is 15.0 Å². The van der Waals surface area contributed by atoms with E-state index in [0.717, 1.165) is 43.4 Å². The minimum atomic E-state index is -0.512. The third-order valence-electron chi connectivity index (χ3n) is 7.00. The Labute approximate surface area is 146 Å². The number of anilines is 1. The fourth-order valence-electron chi connectivity index (χ4n) is 6.10. The molecule has 5 rings (SSSR count). The number of rotatable bonds is 1. The Morgan fingerprint density at radius 2 is 2.24 bits per heavy atom. The lowest BCUT2D eigenvalue weighted by Gasteiger charge is -2.58. The first-order valence-corrected chi connectivity index (χ1v) is 9.15. The summed E-state index contributed by atoms with van der Waals surface area (Å²) in [4.78, 5) is 14.1. The van der Waals surface area contributed by atoms with Crippen LogP contribution < -0.4 is 10.1 Å². The number of nitrogens with zero attached hydrogens (tertiary/aromatic N) is 1. The number of ether oxygens (including phenoxy) is 1. The molecule has 0 radical (unpaired) electrons. The van der Waals surface area contributed by atoms with Crippen LogP contribution in [0.25, 0.3) is 0 Å². The van der Waals surface area contributed by atoms with Gasteiger partial charge in [0.2, 0.25) is 5.91 Å². The molecule has 1 saturated heterocycles. The number of likely N-dealkylation sites (tertiary alicyclic amines) is 1. The van der Waals surface area contributed by atoms with Crippen molar-refractivity contribution in [1.82, 2.24) is 4.90 Å². The van der Waals surface area contributed by atoms with Gasteiger partial charge in [0.15, 0.2) is 11.5 Å². The highest BCUT2D eigenvalue weighted by Gasteiger charge is 2.65. The topological polar surface area (TPSA) is 82.0 Å². The Balaban J connectivity index is 1.79. The molecule has 1 amide bonds. The number of piperidine rings is 1. The lowest BCUT2D eigenvalue weighted by molar-refractivity contribution is -0.114. The lowest BCUT2D eigenvalue weighted by Crippen LogP contribution is -2.66. The fraction of sp³-hybridized carbons (Fsp3) is 0.632. The van der Waals surface area contributed by atoms with E-state index in [-0.39, 0.29) is 23.2 Å². The Morgan fingerprint density at radius 3 is 3.00 bits per heavy atom. The van der Waals surface area contributed by atoms with Crippen LogP contribution in [-0.4, -0.2) is 52.9 Å². The van der Waals surface area contributed by atoms with Crippen molar-refractivity contribution in [3.8, 4) is 11.5 Å². The maximum absolute atomic E-state index is 11.7. The first kappa shape index (κ1) is 15.5. The van der Waals surface area contributed by atoms with E-state index in [1.165, 1.54) is 6.92 Å². The summed E-state index contributed by atoms with van der Waals surface area (Å²) in [5.41, 5.74) is 2.57. The third-order valence-corrected chi connectivity index (χ3v) is 7.00. The number of nitrogens with one attached hydrogen (secondary N) is 1. The molecule has 0 unspecified atom stereocenters. The highest BCUT2D eigenvalue weighted by Crippen LogP contribution is 2.64. The molecule has 2 aliphatic carbocycles. The normalized spacial score (nSPS) is 38.0. The van der Waals surface area contributed by atoms with Crippen LogP contribution in [0, 0.1) is 5.92 Å². The van der Waals surface area contributed by atoms with Gasteiger partial charge >= 0.3 is 0 Å². The summed E-state index contributed by atoms with van der Waals surface area (Å²) in [7, 11) is 2.16. The van der Waals surface area contributed by atoms with Gasteiger partial charge in [-0.25, -0.2) is 0 Å². The van der Waals surface area contributed by atoms with Gasteiger partial charge in [0.05, 0.1) is 6.10 Å². The standard InChI is InChI=1S/C19H24N2O4/c1-9(22)20-12-8-15(24)17-16-10(12)7-13-11-3-4-14(23)18(25-17)19(11,16)5-6-21(13)2/h8,11,13-14,18,23-24H,3-7H2,1-2H3,(H,20,22)/t11-,13+,14-,18-,19-/m0/s1. The molecule has 2 fully saturated rings. The third kappa shape index (κ3) is 1.79. The van der Waals surface area contributed by atoms with Gasteiger partial charge in [0, 0.05) is 35.7 Å². The zero-order valence-corrected chi connectivity index (χ0v) is 14.6. The average molecular weight is 344 g/mol. The molecule has 1 spiro atoms. The smallest absolute Gasteiger partial charge is 0.221 e. The minimum Gasteiger partial charge on any atom is -0.504 e. The summed E-state index contributed by atoms with van der Waals surface area (Å²) < 4.78 is 6.19. The second-order valence-corrected chi connectivity index (χ2v) is 8.14. The van der Waals surface area contributed by atoms with E-state index in [2.05, 4.69) is 17.3 Å². The van der Waals surface area contributed by atoms with Gasteiger partial charge in [-0.15, -0.1) is 0 Å². The summed E-state index contributed by atoms with van der Waals surface area (Å²) in [6, 6.07) is 1.98. The number of phenols is 1. The van der Waals surface area contributed by atoms with Crippen molar-refractivity contribution in [2.45, 2.75) is 56.3 Å². The second-order valence-electron chi connectivity index (χ2n) is 8.14. The molecule has 2 heterocycles. The van der Waals surface area contributed by atoms with Gasteiger partial charge in [-0.1, -0.05) is 0 Å². The van der Waals surface area contributed by atoms with Gasteiger partial charge in [0.25, 0.3) is 0 Å². The largest absolute Gasteiger partial charge is 0.504 e. The van der Waals surface area contributed by atoms with Gasteiger partial charge in [-0.2, -0.15) is 0 Å². The second kappa shape index (κ2) is 4.89. The first-order chi connectivity index (χ1) is 11.9. The number of hydrogen-bond donors (Lipinski definition) is 3. The van der Waals surface area contributed by atoms with Crippen LogP contribution in [0.5, 0.6) is 11.5 Å². The highest BCUT2D eigenvalue weighted by molar-refractivity contribution is 5.91. The SMILES string of the molecule is CC(=O)Nc1cc(O)c2c3c1C[C@@H]1[C@@H]4CC[C@H](O)[C@H](O2)[C@]34CCN1C. The molecule has 2 bridgehead atoms. The summed E-state index contributed by atoms with van der Waals surface area (Å²) in [5, 5.41) is 24.1. The van der Waals surface area contributed by atoms with Crippen molar-refractivity contribution in [1.29, 1.82) is 0 Å². The van der Waals surface area contributed by atoms with E-state index >= 15 is 0 Å². The Morgan fingerprint density at radius 1 is 1.44 bits per heavy atom. The molecule has 6 nitrogen and oxygen atoms in total. The van der Waals surface area contributed by atoms with Gasteiger partial charge < -0.3 is 25.2 Å². The zero-order valence-electron chi connectivity index (χ0n) is 14.6. The predicted molar refractivity (Wildman–Crippen MR) is 92.0 cm³/mol. The average Bonchev–Trinajstić information content (AvgIpc) is 2.90. The van der Waals surface area contributed by atoms with Crippen LogP contribution >= 0.6 is 0 Å². The van der Waals surface area contributed by atoms with Crippen LogP contribution in [0.15, 0.2) is 6.07 Å².